The van der Waals surface area contributed by atoms with Crippen LogP contribution < -0.4 is 21.5 Å². The third-order valence-corrected chi connectivity index (χ3v) is 3.33. The van der Waals surface area contributed by atoms with E-state index in [1.807, 2.05) is 0 Å². The number of azo groups is 1. The van der Waals surface area contributed by atoms with Crippen molar-refractivity contribution in [1.29, 1.82) is 0 Å². The lowest BCUT2D eigenvalue weighted by molar-refractivity contribution is -0.116. The number of amides is 1. The van der Waals surface area contributed by atoms with Crippen LogP contribution in [0.1, 0.15) is 13.3 Å². The van der Waals surface area contributed by atoms with Gasteiger partial charge in [0, 0.05) is 13.0 Å². The van der Waals surface area contributed by atoms with Crippen molar-refractivity contribution in [2.45, 2.75) is 13.3 Å². The van der Waals surface area contributed by atoms with E-state index in [1.165, 1.54) is 0 Å². The van der Waals surface area contributed by atoms with E-state index in [-0.39, 0.29) is 38.1 Å². The summed E-state index contributed by atoms with van der Waals surface area (Å²) in [5.74, 6) is 0.464. The highest BCUT2D eigenvalue weighted by atomic mass is 16.8. The van der Waals surface area contributed by atoms with Crippen molar-refractivity contribution in [3.63, 3.8) is 0 Å². The molecule has 0 saturated heterocycles. The Balaban J connectivity index is 2.04. The number of benzene rings is 1. The van der Waals surface area contributed by atoms with Gasteiger partial charge >= 0.3 is 6.16 Å². The molecular weight excluding hydrogens is 380 g/mol. The molecule has 0 unspecified atom stereocenters. The number of hydrogen-bond acceptors (Lipinski definition) is 10. The summed E-state index contributed by atoms with van der Waals surface area (Å²) < 4.78 is 14.8. The highest BCUT2D eigenvalue weighted by molar-refractivity contribution is 5.90. The van der Waals surface area contributed by atoms with E-state index in [9.17, 15) is 9.59 Å². The van der Waals surface area contributed by atoms with Crippen molar-refractivity contribution in [1.82, 2.24) is 4.98 Å². The molecule has 29 heavy (non-hydrogen) atoms. The minimum absolute atomic E-state index is 0.0864. The second kappa shape index (κ2) is 11.2. The first kappa shape index (κ1) is 21.6. The average Bonchev–Trinajstić information content (AvgIpc) is 2.68. The Morgan fingerprint density at radius 2 is 1.86 bits per heavy atom. The Bertz CT molecular complexity index is 874. The molecule has 11 nitrogen and oxygen atoms in total. The van der Waals surface area contributed by atoms with Crippen LogP contribution in [0, 0.1) is 0 Å². The summed E-state index contributed by atoms with van der Waals surface area (Å²) >= 11 is 0. The SMILES string of the molecule is CCOC(=O)OCOc1ccccc1N=Nc1ccc(NC(=O)CCN)nc1N. The molecule has 0 saturated carbocycles. The van der Waals surface area contributed by atoms with Crippen LogP contribution in [0.25, 0.3) is 0 Å². The van der Waals surface area contributed by atoms with E-state index in [4.69, 9.17) is 20.9 Å². The highest BCUT2D eigenvalue weighted by Gasteiger charge is 2.08. The lowest BCUT2D eigenvalue weighted by atomic mass is 10.3. The number of nitrogen functional groups attached to an aromatic ring is 1. The number of hydrogen-bond donors (Lipinski definition) is 3. The van der Waals surface area contributed by atoms with Crippen molar-refractivity contribution in [2.24, 2.45) is 16.0 Å². The van der Waals surface area contributed by atoms with Gasteiger partial charge in [0.25, 0.3) is 0 Å². The number of rotatable bonds is 9. The molecule has 0 bridgehead atoms. The second-order valence-corrected chi connectivity index (χ2v) is 5.44. The number of para-hydroxylation sites is 1. The number of nitrogens with one attached hydrogen (secondary N) is 1. The number of anilines is 2. The van der Waals surface area contributed by atoms with E-state index >= 15 is 0 Å². The van der Waals surface area contributed by atoms with Gasteiger partial charge in [-0.25, -0.2) is 9.78 Å². The number of ether oxygens (including phenoxy) is 3. The number of nitrogens with two attached hydrogens (primary N) is 2. The van der Waals surface area contributed by atoms with E-state index in [2.05, 4.69) is 25.3 Å². The van der Waals surface area contributed by atoms with Crippen molar-refractivity contribution < 1.29 is 23.8 Å². The summed E-state index contributed by atoms with van der Waals surface area (Å²) in [7, 11) is 0. The molecular formula is C18H22N6O5. The summed E-state index contributed by atoms with van der Waals surface area (Å²) in [4.78, 5) is 26.8. The Labute approximate surface area is 167 Å². The van der Waals surface area contributed by atoms with Gasteiger partial charge in [0.1, 0.15) is 17.2 Å². The Morgan fingerprint density at radius 3 is 2.59 bits per heavy atom. The Kier molecular flexibility index (Phi) is 8.32. The minimum Gasteiger partial charge on any atom is -0.455 e. The number of carbonyl (C=O) groups excluding carboxylic acids is 2. The van der Waals surface area contributed by atoms with E-state index in [1.54, 1.807) is 43.3 Å². The molecule has 11 heteroatoms. The lowest BCUT2D eigenvalue weighted by Crippen LogP contribution is -2.17. The maximum atomic E-state index is 11.6. The molecule has 154 valence electrons. The molecule has 2 aromatic rings. The summed E-state index contributed by atoms with van der Waals surface area (Å²) in [6, 6.07) is 9.89. The van der Waals surface area contributed by atoms with E-state index in [0.29, 0.717) is 22.9 Å². The van der Waals surface area contributed by atoms with Crippen molar-refractivity contribution in [2.75, 3.05) is 31.0 Å². The number of aromatic nitrogens is 1. The van der Waals surface area contributed by atoms with Gasteiger partial charge in [-0.1, -0.05) is 12.1 Å². The summed E-state index contributed by atoms with van der Waals surface area (Å²) in [5.41, 5.74) is 11.9. The van der Waals surface area contributed by atoms with Gasteiger partial charge in [-0.15, -0.1) is 10.2 Å². The smallest absolute Gasteiger partial charge is 0.455 e. The lowest BCUT2D eigenvalue weighted by Gasteiger charge is -2.08. The second-order valence-electron chi connectivity index (χ2n) is 5.44. The zero-order valence-corrected chi connectivity index (χ0v) is 15.8. The fourth-order valence-electron chi connectivity index (χ4n) is 2.03. The molecule has 0 aliphatic rings. The number of nitrogens with zero attached hydrogens (tertiary/aromatic N) is 3. The highest BCUT2D eigenvalue weighted by Crippen LogP contribution is 2.30. The zero-order chi connectivity index (χ0) is 21.1. The molecule has 5 N–H and O–H groups in total. The summed E-state index contributed by atoms with van der Waals surface area (Å²) in [6.07, 6.45) is -0.649. The van der Waals surface area contributed by atoms with E-state index in [0.717, 1.165) is 0 Å². The monoisotopic (exact) mass is 402 g/mol. The van der Waals surface area contributed by atoms with E-state index < -0.39 is 6.16 Å². The first-order valence-corrected chi connectivity index (χ1v) is 8.73. The molecule has 1 amide bonds. The minimum atomic E-state index is -0.830. The van der Waals surface area contributed by atoms with Crippen LogP contribution in [0.5, 0.6) is 5.75 Å². The predicted molar refractivity (Wildman–Crippen MR) is 105 cm³/mol. The molecule has 0 aliphatic carbocycles. The maximum Gasteiger partial charge on any atom is 0.511 e. The third kappa shape index (κ3) is 7.07. The van der Waals surface area contributed by atoms with Crippen LogP contribution in [0.4, 0.5) is 27.8 Å². The molecule has 0 aliphatic heterocycles. The maximum absolute atomic E-state index is 11.6. The molecule has 1 aromatic heterocycles. The van der Waals surface area contributed by atoms with Gasteiger partial charge in [0.15, 0.2) is 11.6 Å². The number of pyridine rings is 1. The van der Waals surface area contributed by atoms with Gasteiger partial charge < -0.3 is 31.0 Å². The third-order valence-electron chi connectivity index (χ3n) is 3.33. The fraction of sp³-hybridized carbons (Fsp3) is 0.278. The summed E-state index contributed by atoms with van der Waals surface area (Å²) in [5, 5.41) is 10.7. The fourth-order valence-corrected chi connectivity index (χ4v) is 2.03. The van der Waals surface area contributed by atoms with Gasteiger partial charge in [-0.05, 0) is 31.2 Å². The Morgan fingerprint density at radius 1 is 1.10 bits per heavy atom. The molecule has 0 fully saturated rings. The average molecular weight is 402 g/mol. The first-order valence-electron chi connectivity index (χ1n) is 8.73. The van der Waals surface area contributed by atoms with Crippen LogP contribution in [0.15, 0.2) is 46.6 Å². The molecule has 1 aromatic carbocycles. The molecule has 0 spiro atoms. The largest absolute Gasteiger partial charge is 0.511 e. The molecule has 0 radical (unpaired) electrons. The number of carbonyl (C=O) groups is 2. The quantitative estimate of drug-likeness (QED) is 0.327. The van der Waals surface area contributed by atoms with Crippen molar-refractivity contribution in [3.05, 3.63) is 36.4 Å². The molecule has 2 rings (SSSR count). The van der Waals surface area contributed by atoms with Crippen LogP contribution in [0.2, 0.25) is 0 Å². The van der Waals surface area contributed by atoms with Crippen LogP contribution in [-0.4, -0.2) is 37.0 Å². The predicted octanol–water partition coefficient (Wildman–Crippen LogP) is 2.88. The van der Waals surface area contributed by atoms with Crippen molar-refractivity contribution in [3.8, 4) is 5.75 Å². The van der Waals surface area contributed by atoms with Gasteiger partial charge in [0.05, 0.1) is 6.61 Å². The first-order chi connectivity index (χ1) is 14.0. The zero-order valence-electron chi connectivity index (χ0n) is 15.8. The van der Waals surface area contributed by atoms with Gasteiger partial charge in [-0.2, -0.15) is 0 Å². The normalized spacial score (nSPS) is 10.6. The van der Waals surface area contributed by atoms with Gasteiger partial charge in [0.2, 0.25) is 12.7 Å². The van der Waals surface area contributed by atoms with Crippen molar-refractivity contribution >= 4 is 35.1 Å². The summed E-state index contributed by atoms with van der Waals surface area (Å²) in [6.45, 7) is 1.76. The molecule has 1 heterocycles. The molecule has 0 atom stereocenters. The van der Waals surface area contributed by atoms with Gasteiger partial charge in [-0.3, -0.25) is 4.79 Å². The standard InChI is InChI=1S/C18H22N6O5/c1-2-27-18(26)29-11-28-14-6-4-3-5-12(14)23-24-13-7-8-15(22-17(13)20)21-16(25)9-10-19/h3-8H,2,9-11,19H2,1H3,(H3,20,21,22,25). The van der Waals surface area contributed by atoms with Crippen LogP contribution in [0.3, 0.4) is 0 Å². The van der Waals surface area contributed by atoms with Crippen LogP contribution >= 0.6 is 0 Å². The topological polar surface area (TPSA) is 164 Å². The Hall–Kier alpha value is -3.73. The van der Waals surface area contributed by atoms with Crippen LogP contribution in [-0.2, 0) is 14.3 Å².